The Labute approximate surface area is 170 Å². The van der Waals surface area contributed by atoms with Gasteiger partial charge in [-0.2, -0.15) is 0 Å². The standard InChI is InChI=1S/C22H26N2O5/c1-15-4-9-20(28-3)19(12-15)24-14-16(13-21(24)25)22(26)23-17-5-7-18(8-6-17)29-11-10-27-2/h4-9,12,16H,10-11,13-14H2,1-3H3,(H,23,26). The largest absolute Gasteiger partial charge is 0.495 e. The second kappa shape index (κ2) is 9.43. The highest BCUT2D eigenvalue weighted by Gasteiger charge is 2.36. The summed E-state index contributed by atoms with van der Waals surface area (Å²) in [6.07, 6.45) is 0.168. The number of nitrogens with zero attached hydrogens (tertiary/aromatic N) is 1. The van der Waals surface area contributed by atoms with Crippen molar-refractivity contribution in [3.05, 3.63) is 48.0 Å². The van der Waals surface area contributed by atoms with Gasteiger partial charge in [0.1, 0.15) is 18.1 Å². The van der Waals surface area contributed by atoms with Crippen molar-refractivity contribution in [2.45, 2.75) is 13.3 Å². The van der Waals surface area contributed by atoms with Crippen molar-refractivity contribution in [1.29, 1.82) is 0 Å². The molecule has 0 saturated carbocycles. The SMILES string of the molecule is COCCOc1ccc(NC(=O)C2CC(=O)N(c3cc(C)ccc3OC)C2)cc1. The van der Waals surface area contributed by atoms with Crippen LogP contribution in [0.25, 0.3) is 0 Å². The molecule has 0 radical (unpaired) electrons. The van der Waals surface area contributed by atoms with Gasteiger partial charge in [-0.1, -0.05) is 6.07 Å². The zero-order chi connectivity index (χ0) is 20.8. The number of hydrogen-bond donors (Lipinski definition) is 1. The molecule has 154 valence electrons. The first kappa shape index (κ1) is 20.7. The van der Waals surface area contributed by atoms with Gasteiger partial charge in [0.05, 0.1) is 25.3 Å². The van der Waals surface area contributed by atoms with Crippen LogP contribution in [0.15, 0.2) is 42.5 Å². The van der Waals surface area contributed by atoms with Gasteiger partial charge in [-0.15, -0.1) is 0 Å². The van der Waals surface area contributed by atoms with E-state index < -0.39 is 5.92 Å². The van der Waals surface area contributed by atoms with Crippen LogP contribution in [-0.2, 0) is 14.3 Å². The van der Waals surface area contributed by atoms with Crippen LogP contribution in [0.4, 0.5) is 11.4 Å². The summed E-state index contributed by atoms with van der Waals surface area (Å²) in [6, 6.07) is 12.8. The van der Waals surface area contributed by atoms with Gasteiger partial charge in [0.15, 0.2) is 0 Å². The molecule has 2 aromatic rings. The van der Waals surface area contributed by atoms with E-state index >= 15 is 0 Å². The molecule has 1 atom stereocenters. The van der Waals surface area contributed by atoms with Crippen LogP contribution in [0, 0.1) is 12.8 Å². The number of ether oxygens (including phenoxy) is 3. The number of amides is 2. The van der Waals surface area contributed by atoms with Gasteiger partial charge in [0.25, 0.3) is 0 Å². The number of methoxy groups -OCH3 is 2. The van der Waals surface area contributed by atoms with Crippen LogP contribution in [-0.4, -0.2) is 45.8 Å². The van der Waals surface area contributed by atoms with E-state index in [0.717, 1.165) is 5.56 Å². The highest BCUT2D eigenvalue weighted by atomic mass is 16.5. The molecule has 0 aromatic heterocycles. The Bertz CT molecular complexity index is 866. The molecule has 0 bridgehead atoms. The summed E-state index contributed by atoms with van der Waals surface area (Å²) >= 11 is 0. The fourth-order valence-corrected chi connectivity index (χ4v) is 3.25. The van der Waals surface area contributed by atoms with Gasteiger partial charge >= 0.3 is 0 Å². The third-order valence-corrected chi connectivity index (χ3v) is 4.80. The maximum Gasteiger partial charge on any atom is 0.229 e. The van der Waals surface area contributed by atoms with Crippen molar-refractivity contribution in [3.8, 4) is 11.5 Å². The minimum absolute atomic E-state index is 0.0871. The van der Waals surface area contributed by atoms with Crippen LogP contribution >= 0.6 is 0 Å². The predicted octanol–water partition coefficient (Wildman–Crippen LogP) is 3.02. The lowest BCUT2D eigenvalue weighted by Gasteiger charge is -2.20. The number of carbonyl (C=O) groups is 2. The molecule has 1 aliphatic heterocycles. The van der Waals surface area contributed by atoms with Crippen molar-refractivity contribution in [1.82, 2.24) is 0 Å². The molecule has 29 heavy (non-hydrogen) atoms. The lowest BCUT2D eigenvalue weighted by atomic mass is 10.1. The minimum atomic E-state index is -0.426. The van der Waals surface area contributed by atoms with Crippen molar-refractivity contribution >= 4 is 23.2 Å². The molecule has 3 rings (SSSR count). The normalized spacial score (nSPS) is 16.0. The summed E-state index contributed by atoms with van der Waals surface area (Å²) in [5, 5.41) is 2.88. The lowest BCUT2D eigenvalue weighted by molar-refractivity contribution is -0.122. The van der Waals surface area contributed by atoms with Crippen LogP contribution in [0.3, 0.4) is 0 Å². The van der Waals surface area contributed by atoms with E-state index in [4.69, 9.17) is 14.2 Å². The molecule has 7 heteroatoms. The number of aryl methyl sites for hydroxylation is 1. The predicted molar refractivity (Wildman–Crippen MR) is 111 cm³/mol. The molecule has 1 fully saturated rings. The van der Waals surface area contributed by atoms with Gasteiger partial charge in [0.2, 0.25) is 11.8 Å². The number of anilines is 2. The summed E-state index contributed by atoms with van der Waals surface area (Å²) in [5.74, 6) is 0.629. The Morgan fingerprint density at radius 3 is 2.59 bits per heavy atom. The first-order chi connectivity index (χ1) is 14.0. The molecule has 1 heterocycles. The maximum absolute atomic E-state index is 12.7. The fraction of sp³-hybridized carbons (Fsp3) is 0.364. The van der Waals surface area contributed by atoms with Crippen molar-refractivity contribution < 1.29 is 23.8 Å². The van der Waals surface area contributed by atoms with E-state index in [9.17, 15) is 9.59 Å². The third-order valence-electron chi connectivity index (χ3n) is 4.80. The molecule has 0 spiro atoms. The van der Waals surface area contributed by atoms with Crippen molar-refractivity contribution in [2.24, 2.45) is 5.92 Å². The molecule has 1 saturated heterocycles. The smallest absolute Gasteiger partial charge is 0.229 e. The summed E-state index contributed by atoms with van der Waals surface area (Å²) in [4.78, 5) is 26.9. The van der Waals surface area contributed by atoms with E-state index in [1.54, 1.807) is 43.4 Å². The van der Waals surface area contributed by atoms with E-state index in [0.29, 0.717) is 42.6 Å². The Hall–Kier alpha value is -3.06. The molecular weight excluding hydrogens is 372 g/mol. The molecule has 0 aliphatic carbocycles. The van der Waals surface area contributed by atoms with Gasteiger partial charge in [-0.05, 0) is 48.9 Å². The average Bonchev–Trinajstić information content (AvgIpc) is 3.11. The van der Waals surface area contributed by atoms with Crippen LogP contribution < -0.4 is 19.7 Å². The molecule has 2 amide bonds. The van der Waals surface area contributed by atoms with E-state index in [1.165, 1.54) is 0 Å². The van der Waals surface area contributed by atoms with Gasteiger partial charge in [-0.3, -0.25) is 9.59 Å². The molecular formula is C22H26N2O5. The molecule has 2 aromatic carbocycles. The number of nitrogens with one attached hydrogen (secondary N) is 1. The van der Waals surface area contributed by atoms with Gasteiger partial charge in [-0.25, -0.2) is 0 Å². The Morgan fingerprint density at radius 2 is 1.90 bits per heavy atom. The van der Waals surface area contributed by atoms with E-state index in [1.807, 2.05) is 25.1 Å². The van der Waals surface area contributed by atoms with Crippen molar-refractivity contribution in [3.63, 3.8) is 0 Å². The zero-order valence-electron chi connectivity index (χ0n) is 16.9. The van der Waals surface area contributed by atoms with Crippen LogP contribution in [0.1, 0.15) is 12.0 Å². The highest BCUT2D eigenvalue weighted by Crippen LogP contribution is 2.34. The quantitative estimate of drug-likeness (QED) is 0.692. The lowest BCUT2D eigenvalue weighted by Crippen LogP contribution is -2.28. The summed E-state index contributed by atoms with van der Waals surface area (Å²) in [5.41, 5.74) is 2.38. The molecule has 1 N–H and O–H groups in total. The first-order valence-electron chi connectivity index (χ1n) is 9.49. The Morgan fingerprint density at radius 1 is 1.14 bits per heavy atom. The van der Waals surface area contributed by atoms with Crippen molar-refractivity contribution in [2.75, 3.05) is 44.2 Å². The minimum Gasteiger partial charge on any atom is -0.495 e. The molecule has 1 aliphatic rings. The van der Waals surface area contributed by atoms with E-state index in [2.05, 4.69) is 5.32 Å². The van der Waals surface area contributed by atoms with Gasteiger partial charge < -0.3 is 24.4 Å². The average molecular weight is 398 g/mol. The number of benzene rings is 2. The maximum atomic E-state index is 12.7. The number of hydrogen-bond acceptors (Lipinski definition) is 5. The molecule has 7 nitrogen and oxygen atoms in total. The number of rotatable bonds is 8. The summed E-state index contributed by atoms with van der Waals surface area (Å²) in [6.45, 7) is 3.25. The second-order valence-electron chi connectivity index (χ2n) is 6.94. The summed E-state index contributed by atoms with van der Waals surface area (Å²) in [7, 11) is 3.19. The highest BCUT2D eigenvalue weighted by molar-refractivity contribution is 6.04. The monoisotopic (exact) mass is 398 g/mol. The van der Waals surface area contributed by atoms with Gasteiger partial charge in [0, 0.05) is 25.8 Å². The second-order valence-corrected chi connectivity index (χ2v) is 6.94. The van der Waals surface area contributed by atoms with E-state index in [-0.39, 0.29) is 18.2 Å². The first-order valence-corrected chi connectivity index (χ1v) is 9.49. The van der Waals surface area contributed by atoms with Crippen LogP contribution in [0.5, 0.6) is 11.5 Å². The Balaban J connectivity index is 1.63. The Kier molecular flexibility index (Phi) is 6.72. The summed E-state index contributed by atoms with van der Waals surface area (Å²) < 4.78 is 15.8. The molecule has 1 unspecified atom stereocenters. The fourth-order valence-electron chi connectivity index (χ4n) is 3.25. The van der Waals surface area contributed by atoms with Crippen LogP contribution in [0.2, 0.25) is 0 Å². The third kappa shape index (κ3) is 5.06. The number of carbonyl (C=O) groups excluding carboxylic acids is 2. The topological polar surface area (TPSA) is 77.1 Å². The zero-order valence-corrected chi connectivity index (χ0v) is 16.9.